The predicted octanol–water partition coefficient (Wildman–Crippen LogP) is 2.64. The van der Waals surface area contributed by atoms with Crippen molar-refractivity contribution in [3.05, 3.63) is 83.9 Å². The summed E-state index contributed by atoms with van der Waals surface area (Å²) in [5, 5.41) is 3.94. The maximum atomic E-state index is 13.6. The fourth-order valence-corrected chi connectivity index (χ4v) is 4.95. The van der Waals surface area contributed by atoms with Crippen molar-refractivity contribution in [2.24, 2.45) is 5.10 Å². The molecule has 0 aromatic heterocycles. The Balaban J connectivity index is 1.70. The van der Waals surface area contributed by atoms with Crippen molar-refractivity contribution in [2.45, 2.75) is 11.3 Å². The Morgan fingerprint density at radius 3 is 2.27 bits per heavy atom. The van der Waals surface area contributed by atoms with Crippen molar-refractivity contribution < 1.29 is 37.0 Å². The van der Waals surface area contributed by atoms with Crippen LogP contribution in [0.25, 0.3) is 0 Å². The Morgan fingerprint density at radius 1 is 0.925 bits per heavy atom. The predicted molar refractivity (Wildman–Crippen MR) is 148 cm³/mol. The van der Waals surface area contributed by atoms with Gasteiger partial charge in [-0.1, -0.05) is 30.3 Å². The minimum absolute atomic E-state index is 0.0379. The van der Waals surface area contributed by atoms with Crippen LogP contribution in [0, 0.1) is 0 Å². The van der Waals surface area contributed by atoms with Crippen molar-refractivity contribution in [3.8, 4) is 17.2 Å². The summed E-state index contributed by atoms with van der Waals surface area (Å²) < 4.78 is 48.5. The van der Waals surface area contributed by atoms with Crippen LogP contribution in [0.4, 0.5) is 0 Å². The van der Waals surface area contributed by atoms with Crippen LogP contribution in [0.5, 0.6) is 17.2 Å². The Morgan fingerprint density at radius 2 is 1.62 bits per heavy atom. The molecule has 40 heavy (non-hydrogen) atoms. The normalized spacial score (nSPS) is 11.3. The van der Waals surface area contributed by atoms with E-state index in [1.54, 1.807) is 24.3 Å². The van der Waals surface area contributed by atoms with Crippen molar-refractivity contribution in [1.29, 1.82) is 0 Å². The summed E-state index contributed by atoms with van der Waals surface area (Å²) in [5.74, 6) is -0.0264. The van der Waals surface area contributed by atoms with Crippen molar-refractivity contribution in [2.75, 3.05) is 41.0 Å². The number of carbonyl (C=O) groups is 2. The molecule has 0 saturated heterocycles. The van der Waals surface area contributed by atoms with Crippen LogP contribution in [-0.2, 0) is 30.8 Å². The summed E-state index contributed by atoms with van der Waals surface area (Å²) in [6, 6.07) is 20.2. The minimum atomic E-state index is -4.08. The van der Waals surface area contributed by atoms with Gasteiger partial charge in [0.05, 0.1) is 39.0 Å². The molecule has 0 unspecified atom stereocenters. The number of sulfonamides is 1. The van der Waals surface area contributed by atoms with Gasteiger partial charge in [0.25, 0.3) is 5.91 Å². The first-order chi connectivity index (χ1) is 19.3. The first-order valence-corrected chi connectivity index (χ1v) is 13.6. The van der Waals surface area contributed by atoms with Crippen LogP contribution < -0.4 is 19.6 Å². The lowest BCUT2D eigenvalue weighted by atomic mass is 10.1. The molecular formula is C28H31N3O8S. The monoisotopic (exact) mass is 569 g/mol. The lowest BCUT2D eigenvalue weighted by molar-refractivity contribution is -0.142. The third-order valence-corrected chi connectivity index (χ3v) is 7.51. The van der Waals surface area contributed by atoms with Crippen LogP contribution in [0.1, 0.15) is 11.1 Å². The van der Waals surface area contributed by atoms with Crippen LogP contribution >= 0.6 is 0 Å². The first-order valence-electron chi connectivity index (χ1n) is 12.1. The molecule has 212 valence electrons. The molecule has 0 spiro atoms. The fourth-order valence-electron chi connectivity index (χ4n) is 3.53. The molecule has 0 atom stereocenters. The molecule has 0 saturated carbocycles. The molecule has 12 heteroatoms. The van der Waals surface area contributed by atoms with E-state index in [0.717, 1.165) is 9.87 Å². The van der Waals surface area contributed by atoms with Gasteiger partial charge in [0.15, 0.2) is 18.1 Å². The van der Waals surface area contributed by atoms with Gasteiger partial charge in [-0.3, -0.25) is 4.79 Å². The minimum Gasteiger partial charge on any atom is -0.493 e. The summed E-state index contributed by atoms with van der Waals surface area (Å²) in [7, 11) is 0.0576. The maximum Gasteiger partial charge on any atom is 0.343 e. The highest BCUT2D eigenvalue weighted by Crippen LogP contribution is 2.30. The summed E-state index contributed by atoms with van der Waals surface area (Å²) in [5.41, 5.74) is 3.94. The summed E-state index contributed by atoms with van der Waals surface area (Å²) >= 11 is 0. The number of hydrogen-bond donors (Lipinski definition) is 1. The van der Waals surface area contributed by atoms with E-state index < -0.39 is 28.4 Å². The number of nitrogens with one attached hydrogen (secondary N) is 1. The Bertz CT molecular complexity index is 1410. The molecule has 0 aliphatic carbocycles. The highest BCUT2D eigenvalue weighted by molar-refractivity contribution is 7.89. The smallest absolute Gasteiger partial charge is 0.343 e. The number of hydrazone groups is 1. The van der Waals surface area contributed by atoms with E-state index in [0.29, 0.717) is 23.5 Å². The van der Waals surface area contributed by atoms with Gasteiger partial charge in [-0.15, -0.1) is 0 Å². The van der Waals surface area contributed by atoms with Gasteiger partial charge in [-0.05, 0) is 53.9 Å². The molecular weight excluding hydrogens is 538 g/mol. The van der Waals surface area contributed by atoms with Gasteiger partial charge in [0, 0.05) is 12.6 Å². The molecule has 3 aromatic rings. The molecule has 0 aliphatic rings. The third-order valence-electron chi connectivity index (χ3n) is 5.67. The quantitative estimate of drug-likeness (QED) is 0.178. The van der Waals surface area contributed by atoms with Crippen LogP contribution in [0.2, 0.25) is 0 Å². The number of ether oxygens (including phenoxy) is 4. The van der Waals surface area contributed by atoms with Gasteiger partial charge in [0.2, 0.25) is 10.0 Å². The summed E-state index contributed by atoms with van der Waals surface area (Å²) in [6.45, 7) is -0.612. The largest absolute Gasteiger partial charge is 0.493 e. The van der Waals surface area contributed by atoms with Gasteiger partial charge < -0.3 is 18.9 Å². The van der Waals surface area contributed by atoms with E-state index in [1.807, 2.05) is 30.3 Å². The average molecular weight is 570 g/mol. The van der Waals surface area contributed by atoms with Gasteiger partial charge >= 0.3 is 5.97 Å². The SMILES string of the molecule is COC(=O)COc1ccc(/C=N/NC(=O)CN(CCc2ccccc2)S(=O)(=O)c2ccc(OC)c(OC)c2)cc1. The molecule has 11 nitrogen and oxygen atoms in total. The number of carbonyl (C=O) groups excluding carboxylic acids is 2. The average Bonchev–Trinajstić information content (AvgIpc) is 2.98. The van der Waals surface area contributed by atoms with Crippen LogP contribution in [-0.4, -0.2) is 71.8 Å². The number of rotatable bonds is 14. The maximum absolute atomic E-state index is 13.6. The second kappa shape index (κ2) is 14.7. The van der Waals surface area contributed by atoms with Crippen molar-refractivity contribution in [1.82, 2.24) is 9.73 Å². The number of nitrogens with zero attached hydrogens (tertiary/aromatic N) is 2. The van der Waals surface area contributed by atoms with Crippen molar-refractivity contribution >= 4 is 28.1 Å². The highest BCUT2D eigenvalue weighted by atomic mass is 32.2. The zero-order valence-corrected chi connectivity index (χ0v) is 23.2. The summed E-state index contributed by atoms with van der Waals surface area (Å²) in [6.07, 6.45) is 1.80. The Labute approximate surface area is 233 Å². The molecule has 0 heterocycles. The fraction of sp³-hybridized carbons (Fsp3) is 0.250. The van der Waals surface area contributed by atoms with E-state index in [9.17, 15) is 18.0 Å². The molecule has 0 radical (unpaired) electrons. The zero-order valence-electron chi connectivity index (χ0n) is 22.4. The van der Waals surface area contributed by atoms with Crippen LogP contribution in [0.3, 0.4) is 0 Å². The van der Waals surface area contributed by atoms with Gasteiger partial charge in [0.1, 0.15) is 5.75 Å². The number of benzene rings is 3. The second-order valence-corrected chi connectivity index (χ2v) is 10.3. The van der Waals surface area contributed by atoms with Gasteiger partial charge in [-0.2, -0.15) is 9.41 Å². The Kier molecular flexibility index (Phi) is 11.0. The Hall–Kier alpha value is -4.42. The van der Waals surface area contributed by atoms with E-state index >= 15 is 0 Å². The molecule has 0 fully saturated rings. The topological polar surface area (TPSA) is 133 Å². The highest BCUT2D eigenvalue weighted by Gasteiger charge is 2.27. The van der Waals surface area contributed by atoms with E-state index in [4.69, 9.17) is 14.2 Å². The van der Waals surface area contributed by atoms with Gasteiger partial charge in [-0.25, -0.2) is 18.6 Å². The molecule has 0 bridgehead atoms. The standard InChI is InChI=1S/C28H31N3O8S/c1-36-25-14-13-24(17-26(25)37-2)40(34,35)31(16-15-21-7-5-4-6-8-21)19-27(32)30-29-18-22-9-11-23(12-10-22)39-20-28(33)38-3/h4-14,17-18H,15-16,19-20H2,1-3H3,(H,30,32)/b29-18+. The van der Waals surface area contributed by atoms with Crippen molar-refractivity contribution in [3.63, 3.8) is 0 Å². The first kappa shape index (κ1) is 30.1. The van der Waals surface area contributed by atoms with E-state index in [1.165, 1.54) is 45.7 Å². The van der Waals surface area contributed by atoms with E-state index in [2.05, 4.69) is 15.3 Å². The lowest BCUT2D eigenvalue weighted by Gasteiger charge is -2.22. The number of methoxy groups -OCH3 is 3. The number of hydrogen-bond acceptors (Lipinski definition) is 9. The lowest BCUT2D eigenvalue weighted by Crippen LogP contribution is -2.40. The molecule has 3 rings (SSSR count). The third kappa shape index (κ3) is 8.55. The molecule has 1 amide bonds. The number of amides is 1. The molecule has 0 aliphatic heterocycles. The van der Waals surface area contributed by atoms with E-state index in [-0.39, 0.29) is 23.8 Å². The molecule has 1 N–H and O–H groups in total. The van der Waals surface area contributed by atoms with Crippen LogP contribution in [0.15, 0.2) is 82.8 Å². The zero-order chi connectivity index (χ0) is 29.0. The summed E-state index contributed by atoms with van der Waals surface area (Å²) in [4.78, 5) is 23.9. The molecule has 3 aromatic carbocycles. The number of esters is 1. The second-order valence-electron chi connectivity index (χ2n) is 8.32.